The van der Waals surface area contributed by atoms with Crippen LogP contribution in [-0.4, -0.2) is 59.9 Å². The molecule has 0 saturated heterocycles. The number of aromatic nitrogens is 2. The second-order valence-corrected chi connectivity index (χ2v) is 9.57. The first-order valence-electron chi connectivity index (χ1n) is 12.3. The third kappa shape index (κ3) is 6.39. The lowest BCUT2D eigenvalue weighted by Crippen LogP contribution is -2.41. The summed E-state index contributed by atoms with van der Waals surface area (Å²) in [6.45, 7) is 1.35. The van der Waals surface area contributed by atoms with Crippen LogP contribution in [0.5, 0.6) is 0 Å². The van der Waals surface area contributed by atoms with Gasteiger partial charge in [0.25, 0.3) is 0 Å². The molecule has 3 aromatic rings. The van der Waals surface area contributed by atoms with Crippen LogP contribution in [0.1, 0.15) is 45.4 Å². The van der Waals surface area contributed by atoms with Gasteiger partial charge >= 0.3 is 12.1 Å². The molecule has 1 aliphatic heterocycles. The number of aliphatic imine (C=N–C) groups is 1. The summed E-state index contributed by atoms with van der Waals surface area (Å²) in [4.78, 5) is 41.6. The highest BCUT2D eigenvalue weighted by molar-refractivity contribution is 6.07. The van der Waals surface area contributed by atoms with Crippen LogP contribution in [0.3, 0.4) is 0 Å². The van der Waals surface area contributed by atoms with Crippen LogP contribution < -0.4 is 22.1 Å². The molecule has 6 N–H and O–H groups in total. The monoisotopic (exact) mass is 577 g/mol. The number of guanidine groups is 1. The molecular weight excluding hydrogens is 550 g/mol. The van der Waals surface area contributed by atoms with E-state index in [0.29, 0.717) is 5.39 Å². The molecule has 3 atom stereocenters. The second-order valence-electron chi connectivity index (χ2n) is 9.57. The Balaban J connectivity index is 1.90. The fraction of sp³-hybridized carbons (Fsp3) is 0.346. The number of amides is 2. The van der Waals surface area contributed by atoms with Gasteiger partial charge in [-0.3, -0.25) is 19.1 Å². The summed E-state index contributed by atoms with van der Waals surface area (Å²) < 4.78 is 60.4. The van der Waals surface area contributed by atoms with E-state index in [2.05, 4.69) is 20.7 Å². The van der Waals surface area contributed by atoms with Gasteiger partial charge in [-0.15, -0.1) is 0 Å². The number of aryl methyl sites for hydroxylation is 1. The van der Waals surface area contributed by atoms with E-state index in [1.165, 1.54) is 31.3 Å². The molecule has 2 aromatic carbocycles. The number of hydrogen-bond donors (Lipinski definition) is 4. The Labute approximate surface area is 230 Å². The molecule has 41 heavy (non-hydrogen) atoms. The Morgan fingerprint density at radius 3 is 2.51 bits per heavy atom. The molecule has 1 aliphatic rings. The second kappa shape index (κ2) is 11.4. The number of fused-ring (bicyclic) bond motifs is 1. The number of alkyl halides is 4. The van der Waals surface area contributed by atoms with Gasteiger partial charge in [-0.2, -0.15) is 18.3 Å². The van der Waals surface area contributed by atoms with Crippen molar-refractivity contribution < 1.29 is 36.7 Å². The fourth-order valence-electron chi connectivity index (χ4n) is 4.70. The van der Waals surface area contributed by atoms with Crippen molar-refractivity contribution in [1.29, 1.82) is 0 Å². The quantitative estimate of drug-likeness (QED) is 0.236. The van der Waals surface area contributed by atoms with Crippen molar-refractivity contribution in [3.05, 3.63) is 58.8 Å². The summed E-state index contributed by atoms with van der Waals surface area (Å²) in [7, 11) is 1.10. The average Bonchev–Trinajstić information content (AvgIpc) is 3.32. The molecule has 0 fully saturated rings. The number of nitrogens with two attached hydrogens (primary N) is 2. The summed E-state index contributed by atoms with van der Waals surface area (Å²) in [6.07, 6.45) is -5.06. The standard InChI is InChI=1S/C26H27F4N7O4/c1-12-3-13(5-15(4-12)26(28,29)30)17(8-21(38)41-2)22(24(32)40)37-20-7-14(23(31)39)6-19(18(20)11-35-37)36-25-33-9-16(27)10-34-25/h3-7,11,16-17,22H,8-10H2,1-2H3,(H2,31,39)(H2,32,40)(H2,33,34,36)/t17-,22?/m0/s1. The molecule has 2 unspecified atom stereocenters. The molecule has 0 bridgehead atoms. The van der Waals surface area contributed by atoms with Gasteiger partial charge in [0.2, 0.25) is 11.8 Å². The minimum Gasteiger partial charge on any atom is -0.469 e. The molecule has 2 heterocycles. The summed E-state index contributed by atoms with van der Waals surface area (Å²) >= 11 is 0. The lowest BCUT2D eigenvalue weighted by atomic mass is 9.86. The number of primary amides is 2. The van der Waals surface area contributed by atoms with E-state index in [-0.39, 0.29) is 46.9 Å². The van der Waals surface area contributed by atoms with E-state index in [9.17, 15) is 31.9 Å². The van der Waals surface area contributed by atoms with Crippen molar-refractivity contribution in [2.75, 3.05) is 25.5 Å². The average molecular weight is 578 g/mol. The van der Waals surface area contributed by atoms with Crippen LogP contribution in [0.4, 0.5) is 23.2 Å². The number of carbonyl (C=O) groups excluding carboxylic acids is 3. The number of nitrogens with one attached hydrogen (secondary N) is 2. The lowest BCUT2D eigenvalue weighted by Gasteiger charge is -2.27. The van der Waals surface area contributed by atoms with Gasteiger partial charge in [0.1, 0.15) is 12.2 Å². The first-order chi connectivity index (χ1) is 19.3. The zero-order valence-electron chi connectivity index (χ0n) is 22.0. The highest BCUT2D eigenvalue weighted by atomic mass is 19.4. The summed E-state index contributed by atoms with van der Waals surface area (Å²) in [5.41, 5.74) is 11.0. The highest BCUT2D eigenvalue weighted by Gasteiger charge is 2.37. The molecule has 4 rings (SSSR count). The van der Waals surface area contributed by atoms with Crippen LogP contribution in [0.2, 0.25) is 0 Å². The molecule has 1 aromatic heterocycles. The number of esters is 1. The molecule has 11 nitrogen and oxygen atoms in total. The zero-order chi connectivity index (χ0) is 30.1. The maximum absolute atomic E-state index is 13.7. The molecule has 2 amide bonds. The number of rotatable bonds is 8. The molecule has 0 spiro atoms. The number of ether oxygens (including phenoxy) is 1. The SMILES string of the molecule is COC(=O)C[C@@H](c1cc(C)cc(C(F)(F)F)c1)C(C(N)=O)n1ncc2c(NC3=NCC(F)CN3)cc(C(N)=O)cc21. The van der Waals surface area contributed by atoms with E-state index >= 15 is 0 Å². The lowest BCUT2D eigenvalue weighted by molar-refractivity contribution is -0.141. The van der Waals surface area contributed by atoms with Crippen molar-refractivity contribution in [3.8, 4) is 0 Å². The maximum atomic E-state index is 13.7. The van der Waals surface area contributed by atoms with Gasteiger partial charge in [0.15, 0.2) is 5.96 Å². The molecular formula is C26H27F4N7O4. The number of nitrogens with zero attached hydrogens (tertiary/aromatic N) is 3. The third-order valence-corrected chi connectivity index (χ3v) is 6.60. The highest BCUT2D eigenvalue weighted by Crippen LogP contribution is 2.39. The number of halogens is 4. The minimum absolute atomic E-state index is 0.000881. The summed E-state index contributed by atoms with van der Waals surface area (Å²) in [6, 6.07) is 4.44. The van der Waals surface area contributed by atoms with Gasteiger partial charge in [-0.25, -0.2) is 9.38 Å². The Bertz CT molecular complexity index is 1540. The van der Waals surface area contributed by atoms with Crippen molar-refractivity contribution in [2.45, 2.75) is 37.7 Å². The molecule has 0 saturated carbocycles. The molecule has 218 valence electrons. The third-order valence-electron chi connectivity index (χ3n) is 6.60. The summed E-state index contributed by atoms with van der Waals surface area (Å²) in [5, 5.41) is 10.4. The first kappa shape index (κ1) is 29.3. The van der Waals surface area contributed by atoms with Crippen LogP contribution in [-0.2, 0) is 20.5 Å². The van der Waals surface area contributed by atoms with Crippen LogP contribution >= 0.6 is 0 Å². The first-order valence-corrected chi connectivity index (χ1v) is 12.3. The van der Waals surface area contributed by atoms with E-state index in [1.54, 1.807) is 0 Å². The Hall–Kier alpha value is -4.69. The zero-order valence-corrected chi connectivity index (χ0v) is 22.0. The van der Waals surface area contributed by atoms with Gasteiger partial charge in [0.05, 0.1) is 49.6 Å². The number of hydrogen-bond acceptors (Lipinski definition) is 8. The van der Waals surface area contributed by atoms with E-state index < -0.39 is 54.1 Å². The van der Waals surface area contributed by atoms with Gasteiger partial charge < -0.3 is 26.8 Å². The maximum Gasteiger partial charge on any atom is 0.416 e. The predicted molar refractivity (Wildman–Crippen MR) is 141 cm³/mol. The number of benzene rings is 2. The predicted octanol–water partition coefficient (Wildman–Crippen LogP) is 2.54. The molecule has 0 aliphatic carbocycles. The smallest absolute Gasteiger partial charge is 0.416 e. The van der Waals surface area contributed by atoms with Gasteiger partial charge in [-0.05, 0) is 36.8 Å². The van der Waals surface area contributed by atoms with Crippen LogP contribution in [0, 0.1) is 6.92 Å². The number of methoxy groups -OCH3 is 1. The van der Waals surface area contributed by atoms with Crippen LogP contribution in [0.25, 0.3) is 10.9 Å². The Morgan fingerprint density at radius 1 is 1.20 bits per heavy atom. The minimum atomic E-state index is -4.70. The summed E-state index contributed by atoms with van der Waals surface area (Å²) in [5.74, 6) is -3.68. The van der Waals surface area contributed by atoms with E-state index in [1.807, 2.05) is 0 Å². The number of carbonyl (C=O) groups is 3. The normalized spacial score (nSPS) is 16.8. The van der Waals surface area contributed by atoms with Crippen molar-refractivity contribution >= 4 is 40.3 Å². The van der Waals surface area contributed by atoms with Gasteiger partial charge in [0, 0.05) is 16.9 Å². The number of anilines is 1. The topological polar surface area (TPSA) is 167 Å². The van der Waals surface area contributed by atoms with Crippen molar-refractivity contribution in [3.63, 3.8) is 0 Å². The largest absolute Gasteiger partial charge is 0.469 e. The Morgan fingerprint density at radius 2 is 1.93 bits per heavy atom. The van der Waals surface area contributed by atoms with Gasteiger partial charge in [-0.1, -0.05) is 11.6 Å². The molecule has 0 radical (unpaired) electrons. The van der Waals surface area contributed by atoms with E-state index in [0.717, 1.165) is 23.9 Å². The molecule has 15 heteroatoms. The van der Waals surface area contributed by atoms with Crippen LogP contribution in [0.15, 0.2) is 41.5 Å². The fourth-order valence-corrected chi connectivity index (χ4v) is 4.70. The van der Waals surface area contributed by atoms with Crippen molar-refractivity contribution in [2.24, 2.45) is 16.5 Å². The van der Waals surface area contributed by atoms with Crippen molar-refractivity contribution in [1.82, 2.24) is 15.1 Å². The Kier molecular flexibility index (Phi) is 8.17. The van der Waals surface area contributed by atoms with E-state index in [4.69, 9.17) is 16.2 Å².